The number of hydrogen-bond acceptors (Lipinski definition) is 0. The second-order valence-corrected chi connectivity index (χ2v) is 14.1. The molecular weight excluding hydrogens is 458 g/mol. The highest BCUT2D eigenvalue weighted by atomic mass is 15.3. The first-order chi connectivity index (χ1) is 18.5. The van der Waals surface area contributed by atoms with Crippen molar-refractivity contribution in [2.45, 2.75) is 206 Å². The van der Waals surface area contributed by atoms with Gasteiger partial charge >= 0.3 is 0 Å². The summed E-state index contributed by atoms with van der Waals surface area (Å²) in [4.78, 5) is 0. The fourth-order valence-corrected chi connectivity index (χ4v) is 6.36. The molecule has 0 atom stereocenters. The van der Waals surface area contributed by atoms with Gasteiger partial charge in [-0.15, -0.1) is 0 Å². The highest BCUT2D eigenvalue weighted by Gasteiger charge is 2.17. The van der Waals surface area contributed by atoms with Gasteiger partial charge in [0.05, 0.1) is 27.7 Å². The van der Waals surface area contributed by atoms with Crippen molar-refractivity contribution in [2.75, 3.05) is 27.7 Å². The molecule has 0 aliphatic carbocycles. The first-order valence-electron chi connectivity index (χ1n) is 18.3. The minimum atomic E-state index is 0.949. The largest absolute Gasteiger partial charge is 0.331 e. The summed E-state index contributed by atoms with van der Waals surface area (Å²) in [6.45, 7) is 5.99. The van der Waals surface area contributed by atoms with Crippen LogP contribution in [0.15, 0.2) is 0 Å². The first-order valence-corrected chi connectivity index (χ1v) is 18.3. The zero-order chi connectivity index (χ0) is 28.0. The summed E-state index contributed by atoms with van der Waals surface area (Å²) in [5, 5.41) is 0. The Labute approximate surface area is 244 Å². The summed E-state index contributed by atoms with van der Waals surface area (Å²) < 4.78 is 1.14. The van der Waals surface area contributed by atoms with E-state index >= 15 is 0 Å². The molecule has 1 nitrogen and oxygen atoms in total. The number of hydrogen-bond donors (Lipinski definition) is 0. The Hall–Kier alpha value is -0.0400. The van der Waals surface area contributed by atoms with Crippen molar-refractivity contribution in [3.63, 3.8) is 0 Å². The summed E-state index contributed by atoms with van der Waals surface area (Å²) in [5.74, 6) is 0.949. The zero-order valence-corrected chi connectivity index (χ0v) is 27.9. The molecule has 0 radical (unpaired) electrons. The summed E-state index contributed by atoms with van der Waals surface area (Å²) in [6, 6.07) is 0. The van der Waals surface area contributed by atoms with Gasteiger partial charge in [0.2, 0.25) is 0 Å². The van der Waals surface area contributed by atoms with Crippen molar-refractivity contribution < 1.29 is 4.48 Å². The maximum atomic E-state index is 2.39. The van der Waals surface area contributed by atoms with Crippen LogP contribution in [0.3, 0.4) is 0 Å². The lowest BCUT2D eigenvalue weighted by Crippen LogP contribution is -2.39. The van der Waals surface area contributed by atoms with Crippen molar-refractivity contribution in [3.05, 3.63) is 0 Å². The standard InChI is InChI=1S/C37H78N/c1-6-8-10-12-14-16-18-20-22-24-26-28-30-32-34-37(36-38(3,4)5)35-33-31-29-27-25-23-21-19-17-15-13-11-9-7-2/h37H,6-36H2,1-5H3/q+1. The fraction of sp³-hybridized carbons (Fsp3) is 1.00. The van der Waals surface area contributed by atoms with E-state index in [-0.39, 0.29) is 0 Å². The van der Waals surface area contributed by atoms with Gasteiger partial charge in [0.1, 0.15) is 0 Å². The van der Waals surface area contributed by atoms with Crippen LogP contribution in [0.4, 0.5) is 0 Å². The molecule has 0 fully saturated rings. The van der Waals surface area contributed by atoms with E-state index in [1.165, 1.54) is 199 Å². The molecule has 0 aliphatic rings. The number of quaternary nitrogens is 1. The molecule has 230 valence electrons. The molecule has 1 heteroatoms. The van der Waals surface area contributed by atoms with Crippen LogP contribution in [0.5, 0.6) is 0 Å². The van der Waals surface area contributed by atoms with Crippen LogP contribution in [0.2, 0.25) is 0 Å². The molecular formula is C37H78N+. The van der Waals surface area contributed by atoms with Gasteiger partial charge in [0.15, 0.2) is 0 Å². The molecule has 38 heavy (non-hydrogen) atoms. The Morgan fingerprint density at radius 2 is 0.526 bits per heavy atom. The van der Waals surface area contributed by atoms with Gasteiger partial charge < -0.3 is 4.48 Å². The molecule has 0 amide bonds. The predicted octanol–water partition coefficient (Wildman–Crippen LogP) is 13.1. The highest BCUT2D eigenvalue weighted by Crippen LogP contribution is 2.22. The van der Waals surface area contributed by atoms with Gasteiger partial charge in [-0.2, -0.15) is 0 Å². The second kappa shape index (κ2) is 29.9. The monoisotopic (exact) mass is 537 g/mol. The van der Waals surface area contributed by atoms with Gasteiger partial charge in [0, 0.05) is 5.92 Å². The average molecular weight is 537 g/mol. The van der Waals surface area contributed by atoms with Crippen LogP contribution in [-0.4, -0.2) is 32.2 Å². The minimum absolute atomic E-state index is 0.949. The fourth-order valence-electron chi connectivity index (χ4n) is 6.36. The normalized spacial score (nSPS) is 12.2. The molecule has 0 bridgehead atoms. The SMILES string of the molecule is CCCCCCCCCCCCCCCCC(CCCCCCCCCCCCCCCC)C[N+](C)(C)C. The first kappa shape index (κ1) is 38.0. The van der Waals surface area contributed by atoms with E-state index < -0.39 is 0 Å². The molecule has 0 saturated carbocycles. The lowest BCUT2D eigenvalue weighted by Gasteiger charge is -2.29. The third-order valence-corrected chi connectivity index (χ3v) is 8.74. The van der Waals surface area contributed by atoms with Gasteiger partial charge in [-0.05, 0) is 12.8 Å². The van der Waals surface area contributed by atoms with Crippen LogP contribution < -0.4 is 0 Å². The number of rotatable bonds is 32. The Morgan fingerprint density at radius 3 is 0.737 bits per heavy atom. The Kier molecular flexibility index (Phi) is 29.9. The molecule has 0 spiro atoms. The van der Waals surface area contributed by atoms with Crippen molar-refractivity contribution in [3.8, 4) is 0 Å². The third-order valence-electron chi connectivity index (χ3n) is 8.74. The van der Waals surface area contributed by atoms with E-state index in [0.717, 1.165) is 10.4 Å². The molecule has 0 saturated heterocycles. The molecule has 0 unspecified atom stereocenters. The second-order valence-electron chi connectivity index (χ2n) is 14.1. The molecule has 0 aromatic carbocycles. The van der Waals surface area contributed by atoms with Crippen molar-refractivity contribution in [1.82, 2.24) is 0 Å². The summed E-state index contributed by atoms with van der Waals surface area (Å²) >= 11 is 0. The Morgan fingerprint density at radius 1 is 0.316 bits per heavy atom. The smallest absolute Gasteiger partial charge is 0.0809 e. The summed E-state index contributed by atoms with van der Waals surface area (Å²) in [6.07, 6.45) is 44.1. The molecule has 0 aliphatic heterocycles. The zero-order valence-electron chi connectivity index (χ0n) is 27.9. The maximum Gasteiger partial charge on any atom is 0.0809 e. The quantitative estimate of drug-likeness (QED) is 0.0592. The molecule has 0 heterocycles. The molecule has 0 N–H and O–H groups in total. The Bertz CT molecular complexity index is 391. The van der Waals surface area contributed by atoms with Crippen LogP contribution in [0, 0.1) is 5.92 Å². The van der Waals surface area contributed by atoms with E-state index in [0.29, 0.717) is 0 Å². The molecule has 0 rings (SSSR count). The number of unbranched alkanes of at least 4 members (excludes halogenated alkanes) is 26. The topological polar surface area (TPSA) is 0 Å². The minimum Gasteiger partial charge on any atom is -0.331 e. The average Bonchev–Trinajstić information content (AvgIpc) is 2.88. The summed E-state index contributed by atoms with van der Waals surface area (Å²) in [7, 11) is 7.18. The van der Waals surface area contributed by atoms with Gasteiger partial charge in [-0.3, -0.25) is 0 Å². The highest BCUT2D eigenvalue weighted by molar-refractivity contribution is 4.61. The van der Waals surface area contributed by atoms with Gasteiger partial charge in [-0.25, -0.2) is 0 Å². The Balaban J connectivity index is 3.60. The van der Waals surface area contributed by atoms with Crippen molar-refractivity contribution in [1.29, 1.82) is 0 Å². The van der Waals surface area contributed by atoms with Crippen molar-refractivity contribution in [2.24, 2.45) is 5.92 Å². The van der Waals surface area contributed by atoms with E-state index in [1.807, 2.05) is 0 Å². The van der Waals surface area contributed by atoms with Gasteiger partial charge in [0.25, 0.3) is 0 Å². The van der Waals surface area contributed by atoms with E-state index in [2.05, 4.69) is 35.0 Å². The van der Waals surface area contributed by atoms with E-state index in [9.17, 15) is 0 Å². The van der Waals surface area contributed by atoms with Gasteiger partial charge in [-0.1, -0.05) is 194 Å². The third kappa shape index (κ3) is 32.2. The maximum absolute atomic E-state index is 2.39. The predicted molar refractivity (Wildman–Crippen MR) is 176 cm³/mol. The van der Waals surface area contributed by atoms with Crippen molar-refractivity contribution >= 4 is 0 Å². The molecule has 0 aromatic rings. The van der Waals surface area contributed by atoms with Crippen LogP contribution >= 0.6 is 0 Å². The lowest BCUT2D eigenvalue weighted by atomic mass is 9.93. The summed E-state index contributed by atoms with van der Waals surface area (Å²) in [5.41, 5.74) is 0. The molecule has 0 aromatic heterocycles. The van der Waals surface area contributed by atoms with Crippen LogP contribution in [-0.2, 0) is 0 Å². The number of nitrogens with zero attached hydrogens (tertiary/aromatic N) is 1. The van der Waals surface area contributed by atoms with Crippen LogP contribution in [0.25, 0.3) is 0 Å². The van der Waals surface area contributed by atoms with E-state index in [4.69, 9.17) is 0 Å². The van der Waals surface area contributed by atoms with E-state index in [1.54, 1.807) is 0 Å². The van der Waals surface area contributed by atoms with Crippen LogP contribution in [0.1, 0.15) is 206 Å². The lowest BCUT2D eigenvalue weighted by molar-refractivity contribution is -0.874.